The van der Waals surface area contributed by atoms with Crippen molar-refractivity contribution in [1.82, 2.24) is 10.2 Å². The van der Waals surface area contributed by atoms with Crippen molar-refractivity contribution in [2.24, 2.45) is 0 Å². The standard InChI is InChI=1S/C29H30Cl2N2O3/c30-23-16-15-22(26(31)18-23)19-33(28(34)20-36-25-13-5-2-6-14-25)27(17-21-9-3-1-4-10-21)29(35)32-24-11-7-8-12-24/h1-6,9-10,13-16,18,24,27H,7-8,11-12,17,19-20H2,(H,32,35). The highest BCUT2D eigenvalue weighted by Crippen LogP contribution is 2.25. The molecule has 1 aliphatic carbocycles. The second kappa shape index (κ2) is 12.8. The summed E-state index contributed by atoms with van der Waals surface area (Å²) in [6.07, 6.45) is 4.49. The molecule has 36 heavy (non-hydrogen) atoms. The van der Waals surface area contributed by atoms with Crippen molar-refractivity contribution in [3.05, 3.63) is 100 Å². The third-order valence-corrected chi connectivity index (χ3v) is 7.02. The van der Waals surface area contributed by atoms with Gasteiger partial charge in [-0.05, 0) is 48.2 Å². The fraction of sp³-hybridized carbons (Fsp3) is 0.310. The number of ether oxygens (including phenoxy) is 1. The van der Waals surface area contributed by atoms with Crippen LogP contribution in [0.25, 0.3) is 0 Å². The molecule has 3 aromatic carbocycles. The number of halogens is 2. The van der Waals surface area contributed by atoms with Crippen LogP contribution in [0.15, 0.2) is 78.9 Å². The second-order valence-electron chi connectivity index (χ2n) is 9.05. The van der Waals surface area contributed by atoms with Gasteiger partial charge in [-0.25, -0.2) is 0 Å². The topological polar surface area (TPSA) is 58.6 Å². The summed E-state index contributed by atoms with van der Waals surface area (Å²) >= 11 is 12.6. The van der Waals surface area contributed by atoms with E-state index in [2.05, 4.69) is 5.32 Å². The molecule has 4 rings (SSSR count). The van der Waals surface area contributed by atoms with E-state index in [9.17, 15) is 9.59 Å². The summed E-state index contributed by atoms with van der Waals surface area (Å²) in [5.41, 5.74) is 1.67. The van der Waals surface area contributed by atoms with Gasteiger partial charge in [-0.3, -0.25) is 9.59 Å². The average molecular weight is 525 g/mol. The molecule has 7 heteroatoms. The van der Waals surface area contributed by atoms with Gasteiger partial charge in [0, 0.05) is 29.1 Å². The lowest BCUT2D eigenvalue weighted by Gasteiger charge is -2.32. The van der Waals surface area contributed by atoms with Crippen LogP contribution in [0.3, 0.4) is 0 Å². The van der Waals surface area contributed by atoms with Crippen LogP contribution in [-0.2, 0) is 22.6 Å². The molecule has 1 N–H and O–H groups in total. The summed E-state index contributed by atoms with van der Waals surface area (Å²) in [4.78, 5) is 28.9. The lowest BCUT2D eigenvalue weighted by Crippen LogP contribution is -2.53. The smallest absolute Gasteiger partial charge is 0.261 e. The van der Waals surface area contributed by atoms with Crippen molar-refractivity contribution >= 4 is 35.0 Å². The van der Waals surface area contributed by atoms with Gasteiger partial charge < -0.3 is 15.0 Å². The first kappa shape index (κ1) is 26.1. The highest BCUT2D eigenvalue weighted by molar-refractivity contribution is 6.35. The molecular formula is C29H30Cl2N2O3. The maximum atomic E-state index is 13.7. The minimum Gasteiger partial charge on any atom is -0.484 e. The number of nitrogens with one attached hydrogen (secondary N) is 1. The van der Waals surface area contributed by atoms with Gasteiger partial charge in [0.25, 0.3) is 5.91 Å². The van der Waals surface area contributed by atoms with E-state index >= 15 is 0 Å². The fourth-order valence-corrected chi connectivity index (χ4v) is 4.97. The maximum absolute atomic E-state index is 13.7. The number of benzene rings is 3. The van der Waals surface area contributed by atoms with Crippen LogP contribution < -0.4 is 10.1 Å². The Balaban J connectivity index is 1.63. The zero-order valence-electron chi connectivity index (χ0n) is 20.0. The number of hydrogen-bond donors (Lipinski definition) is 1. The first-order chi connectivity index (χ1) is 17.5. The van der Waals surface area contributed by atoms with Crippen molar-refractivity contribution in [2.45, 2.75) is 50.7 Å². The molecule has 0 aromatic heterocycles. The van der Waals surface area contributed by atoms with Crippen molar-refractivity contribution in [3.8, 4) is 5.75 Å². The number of hydrogen-bond acceptors (Lipinski definition) is 3. The van der Waals surface area contributed by atoms with Crippen molar-refractivity contribution in [3.63, 3.8) is 0 Å². The van der Waals surface area contributed by atoms with Crippen LogP contribution in [0.5, 0.6) is 5.75 Å². The van der Waals surface area contributed by atoms with Gasteiger partial charge in [0.05, 0.1) is 0 Å². The second-order valence-corrected chi connectivity index (χ2v) is 9.90. The molecule has 2 amide bonds. The lowest BCUT2D eigenvalue weighted by molar-refractivity contribution is -0.143. The SMILES string of the molecule is O=C(NC1CCCC1)C(Cc1ccccc1)N(Cc1ccc(Cl)cc1Cl)C(=O)COc1ccccc1. The Morgan fingerprint density at radius 1 is 0.944 bits per heavy atom. The number of para-hydroxylation sites is 1. The molecular weight excluding hydrogens is 495 g/mol. The molecule has 0 saturated heterocycles. The Hall–Kier alpha value is -3.02. The lowest BCUT2D eigenvalue weighted by atomic mass is 10.0. The summed E-state index contributed by atoms with van der Waals surface area (Å²) in [5, 5.41) is 4.14. The first-order valence-electron chi connectivity index (χ1n) is 12.2. The van der Waals surface area contributed by atoms with E-state index in [0.717, 1.165) is 31.2 Å². The predicted octanol–water partition coefficient (Wildman–Crippen LogP) is 6.07. The van der Waals surface area contributed by atoms with E-state index in [1.807, 2.05) is 48.5 Å². The van der Waals surface area contributed by atoms with Gasteiger partial charge in [-0.15, -0.1) is 0 Å². The Morgan fingerprint density at radius 3 is 2.28 bits per heavy atom. The highest BCUT2D eigenvalue weighted by Gasteiger charge is 2.32. The maximum Gasteiger partial charge on any atom is 0.261 e. The molecule has 1 fully saturated rings. The summed E-state index contributed by atoms with van der Waals surface area (Å²) < 4.78 is 5.77. The molecule has 3 aromatic rings. The van der Waals surface area contributed by atoms with Crippen LogP contribution in [0.1, 0.15) is 36.8 Å². The summed E-state index contributed by atoms with van der Waals surface area (Å²) in [6.45, 7) is -0.0419. The molecule has 0 heterocycles. The number of nitrogens with zero attached hydrogens (tertiary/aromatic N) is 1. The molecule has 5 nitrogen and oxygen atoms in total. The van der Waals surface area contributed by atoms with Crippen molar-refractivity contribution < 1.29 is 14.3 Å². The van der Waals surface area contributed by atoms with E-state index in [1.165, 1.54) is 0 Å². The zero-order valence-corrected chi connectivity index (χ0v) is 21.5. The number of carbonyl (C=O) groups excluding carboxylic acids is 2. The monoisotopic (exact) mass is 524 g/mol. The fourth-order valence-electron chi connectivity index (χ4n) is 4.50. The van der Waals surface area contributed by atoms with E-state index in [4.69, 9.17) is 27.9 Å². The van der Waals surface area contributed by atoms with Crippen LogP contribution in [0, 0.1) is 0 Å². The zero-order chi connectivity index (χ0) is 25.3. The molecule has 1 aliphatic rings. The molecule has 0 radical (unpaired) electrons. The quantitative estimate of drug-likeness (QED) is 0.350. The summed E-state index contributed by atoms with van der Waals surface area (Å²) in [6, 6.07) is 23.5. The normalized spacial score (nSPS) is 14.3. The summed E-state index contributed by atoms with van der Waals surface area (Å²) in [7, 11) is 0. The van der Waals surface area contributed by atoms with Crippen LogP contribution in [0.4, 0.5) is 0 Å². The van der Waals surface area contributed by atoms with E-state index < -0.39 is 6.04 Å². The Kier molecular flexibility index (Phi) is 9.26. The van der Waals surface area contributed by atoms with E-state index in [1.54, 1.807) is 35.2 Å². The third kappa shape index (κ3) is 7.25. The molecule has 0 spiro atoms. The Morgan fingerprint density at radius 2 is 1.61 bits per heavy atom. The van der Waals surface area contributed by atoms with Gasteiger partial charge in [0.2, 0.25) is 5.91 Å². The average Bonchev–Trinajstić information content (AvgIpc) is 3.40. The van der Waals surface area contributed by atoms with Crippen molar-refractivity contribution in [2.75, 3.05) is 6.61 Å². The summed E-state index contributed by atoms with van der Waals surface area (Å²) in [5.74, 6) is 0.126. The highest BCUT2D eigenvalue weighted by atomic mass is 35.5. The van der Waals surface area contributed by atoms with Gasteiger partial charge in [0.1, 0.15) is 11.8 Å². The third-order valence-electron chi connectivity index (χ3n) is 6.43. The number of amides is 2. The van der Waals surface area contributed by atoms with Gasteiger partial charge in [-0.1, -0.05) is 90.6 Å². The van der Waals surface area contributed by atoms with Crippen LogP contribution in [-0.4, -0.2) is 35.4 Å². The van der Waals surface area contributed by atoms with Gasteiger partial charge in [0.15, 0.2) is 6.61 Å². The molecule has 188 valence electrons. The number of rotatable bonds is 10. The van der Waals surface area contributed by atoms with Crippen molar-refractivity contribution in [1.29, 1.82) is 0 Å². The van der Waals surface area contributed by atoms with E-state index in [0.29, 0.717) is 27.8 Å². The predicted molar refractivity (Wildman–Crippen MR) is 143 cm³/mol. The minimum absolute atomic E-state index is 0.132. The molecule has 0 aliphatic heterocycles. The largest absolute Gasteiger partial charge is 0.484 e. The van der Waals surface area contributed by atoms with Gasteiger partial charge in [-0.2, -0.15) is 0 Å². The van der Waals surface area contributed by atoms with Gasteiger partial charge >= 0.3 is 0 Å². The molecule has 1 unspecified atom stereocenters. The minimum atomic E-state index is -0.730. The number of carbonyl (C=O) groups is 2. The molecule has 1 saturated carbocycles. The van der Waals surface area contributed by atoms with E-state index in [-0.39, 0.29) is 31.0 Å². The van der Waals surface area contributed by atoms with Crippen LogP contribution >= 0.6 is 23.2 Å². The Labute approximate surface area is 222 Å². The molecule has 1 atom stereocenters. The molecule has 0 bridgehead atoms. The van der Waals surface area contributed by atoms with Crippen LogP contribution in [0.2, 0.25) is 10.0 Å². The first-order valence-corrected chi connectivity index (χ1v) is 13.0. The Bertz CT molecular complexity index is 1150.